The predicted molar refractivity (Wildman–Crippen MR) is 71.5 cm³/mol. The molecule has 0 aliphatic rings. The van der Waals surface area contributed by atoms with E-state index in [0.29, 0.717) is 11.3 Å². The van der Waals surface area contributed by atoms with Crippen LogP contribution in [-0.2, 0) is 0 Å². The predicted octanol–water partition coefficient (Wildman–Crippen LogP) is 2.73. The molecule has 5 heteroatoms. The summed E-state index contributed by atoms with van der Waals surface area (Å²) in [7, 11) is 3.85. The summed E-state index contributed by atoms with van der Waals surface area (Å²) in [5.41, 5.74) is 3.09. The van der Waals surface area contributed by atoms with Crippen LogP contribution in [0.3, 0.4) is 0 Å². The van der Waals surface area contributed by atoms with Crippen molar-refractivity contribution in [2.24, 2.45) is 0 Å². The van der Waals surface area contributed by atoms with Gasteiger partial charge in [0.1, 0.15) is 0 Å². The fraction of sp³-hybridized carbons (Fsp3) is 0.154. The van der Waals surface area contributed by atoms with E-state index in [4.69, 9.17) is 16.9 Å². The molecular formula is C13H11ClN4. The van der Waals surface area contributed by atoms with Gasteiger partial charge in [-0.25, -0.2) is 9.97 Å². The van der Waals surface area contributed by atoms with Crippen LogP contribution in [0, 0.1) is 11.3 Å². The van der Waals surface area contributed by atoms with Crippen LogP contribution in [-0.4, -0.2) is 24.1 Å². The van der Waals surface area contributed by atoms with Crippen molar-refractivity contribution in [1.29, 1.82) is 5.26 Å². The molecule has 0 spiro atoms. The largest absolute Gasteiger partial charge is 0.378 e. The van der Waals surface area contributed by atoms with Crippen LogP contribution in [0.2, 0.25) is 5.28 Å². The Hall–Kier alpha value is -2.12. The van der Waals surface area contributed by atoms with Gasteiger partial charge in [-0.3, -0.25) is 0 Å². The number of rotatable bonds is 2. The topological polar surface area (TPSA) is 52.8 Å². The number of halogens is 1. The molecule has 2 aromatic rings. The Morgan fingerprint density at radius 2 is 2.06 bits per heavy atom. The van der Waals surface area contributed by atoms with Crippen LogP contribution in [0.1, 0.15) is 5.56 Å². The number of hydrogen-bond donors (Lipinski definition) is 0. The van der Waals surface area contributed by atoms with Gasteiger partial charge in [-0.1, -0.05) is 0 Å². The van der Waals surface area contributed by atoms with Crippen molar-refractivity contribution in [2.45, 2.75) is 0 Å². The second-order valence-corrected chi connectivity index (χ2v) is 4.32. The zero-order valence-corrected chi connectivity index (χ0v) is 10.8. The molecule has 0 aliphatic carbocycles. The Bertz CT molecular complexity index is 617. The van der Waals surface area contributed by atoms with Gasteiger partial charge in [0.15, 0.2) is 0 Å². The molecule has 0 saturated heterocycles. The van der Waals surface area contributed by atoms with Gasteiger partial charge in [-0.2, -0.15) is 5.26 Å². The molecule has 4 nitrogen and oxygen atoms in total. The molecule has 0 bridgehead atoms. The van der Waals surface area contributed by atoms with E-state index in [1.54, 1.807) is 18.3 Å². The Labute approximate surface area is 110 Å². The van der Waals surface area contributed by atoms with Crippen molar-refractivity contribution in [3.63, 3.8) is 0 Å². The first-order valence-electron chi connectivity index (χ1n) is 5.31. The normalized spacial score (nSPS) is 9.89. The molecule has 0 saturated carbocycles. The minimum Gasteiger partial charge on any atom is -0.378 e. The molecule has 1 heterocycles. The zero-order chi connectivity index (χ0) is 13.1. The number of nitriles is 1. The van der Waals surface area contributed by atoms with E-state index in [0.717, 1.165) is 11.3 Å². The fourth-order valence-electron chi connectivity index (χ4n) is 1.58. The summed E-state index contributed by atoms with van der Waals surface area (Å²) in [6.07, 6.45) is 1.60. The molecule has 0 unspecified atom stereocenters. The van der Waals surface area contributed by atoms with Crippen molar-refractivity contribution in [1.82, 2.24) is 9.97 Å². The Morgan fingerprint density at radius 1 is 1.28 bits per heavy atom. The Balaban J connectivity index is 2.57. The summed E-state index contributed by atoms with van der Waals surface area (Å²) < 4.78 is 0. The highest BCUT2D eigenvalue weighted by Crippen LogP contribution is 2.25. The van der Waals surface area contributed by atoms with E-state index in [1.807, 2.05) is 31.1 Å². The minimum atomic E-state index is 0.196. The highest BCUT2D eigenvalue weighted by atomic mass is 35.5. The third-order valence-corrected chi connectivity index (χ3v) is 2.67. The molecule has 90 valence electrons. The van der Waals surface area contributed by atoms with E-state index in [-0.39, 0.29) is 5.28 Å². The lowest BCUT2D eigenvalue weighted by molar-refractivity contribution is 1.13. The van der Waals surface area contributed by atoms with Crippen LogP contribution >= 0.6 is 11.6 Å². The summed E-state index contributed by atoms with van der Waals surface area (Å²) in [6.45, 7) is 0. The molecule has 0 amide bonds. The number of hydrogen-bond acceptors (Lipinski definition) is 4. The molecule has 0 fully saturated rings. The van der Waals surface area contributed by atoms with Gasteiger partial charge in [-0.05, 0) is 35.9 Å². The maximum Gasteiger partial charge on any atom is 0.222 e. The van der Waals surface area contributed by atoms with Crippen LogP contribution in [0.5, 0.6) is 0 Å². The summed E-state index contributed by atoms with van der Waals surface area (Å²) in [6, 6.07) is 9.48. The van der Waals surface area contributed by atoms with Crippen molar-refractivity contribution in [3.8, 4) is 17.3 Å². The lowest BCUT2D eigenvalue weighted by Gasteiger charge is -2.14. The molecule has 18 heavy (non-hydrogen) atoms. The van der Waals surface area contributed by atoms with Crippen LogP contribution in [0.4, 0.5) is 5.69 Å². The van der Waals surface area contributed by atoms with Gasteiger partial charge in [-0.15, -0.1) is 0 Å². The molecule has 0 aliphatic heterocycles. The Morgan fingerprint density at radius 3 is 2.67 bits per heavy atom. The Kier molecular flexibility index (Phi) is 3.45. The molecule has 1 aromatic heterocycles. The molecule has 0 atom stereocenters. The van der Waals surface area contributed by atoms with Crippen LogP contribution < -0.4 is 4.90 Å². The van der Waals surface area contributed by atoms with E-state index in [9.17, 15) is 0 Å². The second-order valence-electron chi connectivity index (χ2n) is 3.99. The highest BCUT2D eigenvalue weighted by Gasteiger charge is 2.06. The van der Waals surface area contributed by atoms with E-state index in [1.165, 1.54) is 0 Å². The number of aromatic nitrogens is 2. The number of benzene rings is 1. The maximum absolute atomic E-state index is 9.04. The van der Waals surface area contributed by atoms with Gasteiger partial charge in [0.2, 0.25) is 5.28 Å². The number of anilines is 1. The average Bonchev–Trinajstić information content (AvgIpc) is 2.38. The third-order valence-electron chi connectivity index (χ3n) is 2.49. The summed E-state index contributed by atoms with van der Waals surface area (Å²) >= 11 is 5.77. The highest BCUT2D eigenvalue weighted by molar-refractivity contribution is 6.28. The standard InChI is InChI=1S/C13H11ClN4/c1-18(2)11-6-9(8-15)5-10(7-11)12-3-4-16-13(14)17-12/h3-7H,1-2H3. The first-order valence-corrected chi connectivity index (χ1v) is 5.69. The van der Waals surface area contributed by atoms with Crippen LogP contribution in [0.15, 0.2) is 30.5 Å². The fourth-order valence-corrected chi connectivity index (χ4v) is 1.72. The third kappa shape index (κ3) is 2.58. The smallest absolute Gasteiger partial charge is 0.222 e. The second kappa shape index (κ2) is 5.03. The van der Waals surface area contributed by atoms with Gasteiger partial charge in [0, 0.05) is 31.5 Å². The zero-order valence-electron chi connectivity index (χ0n) is 10.1. The number of nitrogens with zero attached hydrogens (tertiary/aromatic N) is 4. The van der Waals surface area contributed by atoms with E-state index < -0.39 is 0 Å². The molecule has 2 rings (SSSR count). The first kappa shape index (κ1) is 12.3. The lowest BCUT2D eigenvalue weighted by Crippen LogP contribution is -2.08. The monoisotopic (exact) mass is 258 g/mol. The maximum atomic E-state index is 9.04. The molecule has 1 aromatic carbocycles. The van der Waals surface area contributed by atoms with Gasteiger partial charge in [0.25, 0.3) is 0 Å². The van der Waals surface area contributed by atoms with Gasteiger partial charge >= 0.3 is 0 Å². The van der Waals surface area contributed by atoms with E-state index >= 15 is 0 Å². The average molecular weight is 259 g/mol. The first-order chi connectivity index (χ1) is 8.60. The quantitative estimate of drug-likeness (QED) is 0.778. The lowest BCUT2D eigenvalue weighted by atomic mass is 10.1. The summed E-state index contributed by atoms with van der Waals surface area (Å²) in [5, 5.41) is 9.24. The minimum absolute atomic E-state index is 0.196. The van der Waals surface area contributed by atoms with Gasteiger partial charge in [0.05, 0.1) is 17.3 Å². The van der Waals surface area contributed by atoms with Crippen molar-refractivity contribution >= 4 is 17.3 Å². The van der Waals surface area contributed by atoms with Crippen LogP contribution in [0.25, 0.3) is 11.3 Å². The summed E-state index contributed by atoms with van der Waals surface area (Å²) in [4.78, 5) is 9.93. The van der Waals surface area contributed by atoms with Crippen molar-refractivity contribution < 1.29 is 0 Å². The molecule has 0 N–H and O–H groups in total. The molecule has 0 radical (unpaired) electrons. The van der Waals surface area contributed by atoms with Gasteiger partial charge < -0.3 is 4.90 Å². The SMILES string of the molecule is CN(C)c1cc(C#N)cc(-c2ccnc(Cl)n2)c1. The van der Waals surface area contributed by atoms with Crippen molar-refractivity contribution in [2.75, 3.05) is 19.0 Å². The summed E-state index contributed by atoms with van der Waals surface area (Å²) in [5.74, 6) is 0. The molecular weight excluding hydrogens is 248 g/mol. The van der Waals surface area contributed by atoms with E-state index in [2.05, 4.69) is 16.0 Å². The van der Waals surface area contributed by atoms with Crippen molar-refractivity contribution in [3.05, 3.63) is 41.3 Å².